The van der Waals surface area contributed by atoms with Crippen LogP contribution in [0.5, 0.6) is 0 Å². The number of carbonyl (C=O) groups is 1. The molecular formula is C22H23ClN4O. The second kappa shape index (κ2) is 8.85. The van der Waals surface area contributed by atoms with Gasteiger partial charge in [-0.25, -0.2) is 9.97 Å². The Kier molecular flexibility index (Phi) is 6.26. The van der Waals surface area contributed by atoms with Crippen LogP contribution in [0.1, 0.15) is 35.3 Å². The van der Waals surface area contributed by atoms with Gasteiger partial charge in [0.05, 0.1) is 5.56 Å². The highest BCUT2D eigenvalue weighted by molar-refractivity contribution is 6.31. The normalized spacial score (nSPS) is 10.8. The average molecular weight is 395 g/mol. The topological polar surface area (TPSA) is 58.1 Å². The largest absolute Gasteiger partial charge is 0.332 e. The van der Waals surface area contributed by atoms with Crippen LogP contribution >= 0.6 is 11.6 Å². The smallest absolute Gasteiger partial charge is 0.257 e. The summed E-state index contributed by atoms with van der Waals surface area (Å²) in [6.45, 7) is 6.48. The first-order chi connectivity index (χ1) is 13.4. The fourth-order valence-electron chi connectivity index (χ4n) is 2.74. The third kappa shape index (κ3) is 4.87. The van der Waals surface area contributed by atoms with Crippen molar-refractivity contribution in [1.82, 2.24) is 14.9 Å². The molecule has 1 heterocycles. The molecule has 0 saturated heterocycles. The SMILES string of the molecule is Cc1ccc(Nc2ncc(C(=O)N(Cc3ccccc3)C(C)C)cn2)cc1Cl. The Labute approximate surface area is 170 Å². The quantitative estimate of drug-likeness (QED) is 0.621. The van der Waals surface area contributed by atoms with E-state index in [0.29, 0.717) is 23.1 Å². The van der Waals surface area contributed by atoms with Gasteiger partial charge in [0.2, 0.25) is 5.95 Å². The molecule has 2 aromatic carbocycles. The second-order valence-electron chi connectivity index (χ2n) is 6.90. The minimum atomic E-state index is -0.0937. The number of nitrogens with zero attached hydrogens (tertiary/aromatic N) is 3. The summed E-state index contributed by atoms with van der Waals surface area (Å²) in [5.41, 5.74) is 3.33. The van der Waals surface area contributed by atoms with Crippen LogP contribution in [-0.2, 0) is 6.54 Å². The minimum Gasteiger partial charge on any atom is -0.332 e. The molecule has 0 aliphatic rings. The van der Waals surface area contributed by atoms with Crippen LogP contribution < -0.4 is 5.32 Å². The summed E-state index contributed by atoms with van der Waals surface area (Å²) in [4.78, 5) is 23.3. The van der Waals surface area contributed by atoms with Crippen molar-refractivity contribution in [2.24, 2.45) is 0 Å². The standard InChI is InChI=1S/C22H23ClN4O/c1-15(2)27(14-17-7-5-4-6-8-17)21(28)18-12-24-22(25-13-18)26-19-10-9-16(3)20(23)11-19/h4-13,15H,14H2,1-3H3,(H,24,25,26). The maximum Gasteiger partial charge on any atom is 0.257 e. The van der Waals surface area contributed by atoms with E-state index in [1.165, 1.54) is 0 Å². The van der Waals surface area contributed by atoms with Crippen molar-refractivity contribution in [3.05, 3.63) is 82.6 Å². The van der Waals surface area contributed by atoms with E-state index < -0.39 is 0 Å². The molecule has 1 N–H and O–H groups in total. The number of rotatable bonds is 6. The van der Waals surface area contributed by atoms with Crippen LogP contribution in [-0.4, -0.2) is 26.8 Å². The predicted octanol–water partition coefficient (Wildman–Crippen LogP) is 5.23. The van der Waals surface area contributed by atoms with E-state index in [0.717, 1.165) is 16.8 Å². The van der Waals surface area contributed by atoms with E-state index in [4.69, 9.17) is 11.6 Å². The molecule has 0 atom stereocenters. The van der Waals surface area contributed by atoms with Crippen molar-refractivity contribution in [1.29, 1.82) is 0 Å². The lowest BCUT2D eigenvalue weighted by Crippen LogP contribution is -2.36. The van der Waals surface area contributed by atoms with Gasteiger partial charge in [-0.1, -0.05) is 48.0 Å². The minimum absolute atomic E-state index is 0.0557. The van der Waals surface area contributed by atoms with Gasteiger partial charge in [0.15, 0.2) is 0 Å². The van der Waals surface area contributed by atoms with Crippen molar-refractivity contribution in [2.45, 2.75) is 33.4 Å². The highest BCUT2D eigenvalue weighted by Gasteiger charge is 2.20. The summed E-state index contributed by atoms with van der Waals surface area (Å²) in [7, 11) is 0. The first-order valence-electron chi connectivity index (χ1n) is 9.14. The molecule has 144 valence electrons. The van der Waals surface area contributed by atoms with Crippen molar-refractivity contribution in [3.8, 4) is 0 Å². The first-order valence-corrected chi connectivity index (χ1v) is 9.52. The summed E-state index contributed by atoms with van der Waals surface area (Å²) >= 11 is 6.15. The van der Waals surface area contributed by atoms with Crippen LogP contribution in [0.2, 0.25) is 5.02 Å². The van der Waals surface area contributed by atoms with Gasteiger partial charge in [-0.05, 0) is 44.0 Å². The molecule has 5 nitrogen and oxygen atoms in total. The molecule has 0 aliphatic carbocycles. The molecule has 0 saturated carbocycles. The summed E-state index contributed by atoms with van der Waals surface area (Å²) in [5, 5.41) is 3.77. The van der Waals surface area contributed by atoms with E-state index >= 15 is 0 Å². The monoisotopic (exact) mass is 394 g/mol. The van der Waals surface area contributed by atoms with Crippen molar-refractivity contribution in [2.75, 3.05) is 5.32 Å². The van der Waals surface area contributed by atoms with Gasteiger partial charge in [0, 0.05) is 35.7 Å². The number of amides is 1. The van der Waals surface area contributed by atoms with Crippen molar-refractivity contribution >= 4 is 29.1 Å². The molecule has 6 heteroatoms. The molecule has 3 aromatic rings. The summed E-state index contributed by atoms with van der Waals surface area (Å²) in [6, 6.07) is 15.6. The number of aryl methyl sites for hydroxylation is 1. The Morgan fingerprint density at radius 2 is 1.79 bits per heavy atom. The molecule has 3 rings (SSSR count). The average Bonchev–Trinajstić information content (AvgIpc) is 2.69. The molecule has 28 heavy (non-hydrogen) atoms. The zero-order chi connectivity index (χ0) is 20.1. The second-order valence-corrected chi connectivity index (χ2v) is 7.30. The van der Waals surface area contributed by atoms with E-state index in [1.807, 2.05) is 69.3 Å². The van der Waals surface area contributed by atoms with Crippen LogP contribution in [0, 0.1) is 6.92 Å². The number of carbonyl (C=O) groups excluding carboxylic acids is 1. The Morgan fingerprint density at radius 3 is 2.39 bits per heavy atom. The Balaban J connectivity index is 1.73. The zero-order valence-electron chi connectivity index (χ0n) is 16.2. The molecule has 1 amide bonds. The van der Waals surface area contributed by atoms with Crippen LogP contribution in [0.25, 0.3) is 0 Å². The Bertz CT molecular complexity index is 943. The fraction of sp³-hybridized carbons (Fsp3) is 0.227. The Hall–Kier alpha value is -2.92. The summed E-state index contributed by atoms with van der Waals surface area (Å²) in [5.74, 6) is 0.319. The van der Waals surface area contributed by atoms with Gasteiger partial charge in [-0.2, -0.15) is 0 Å². The first kappa shape index (κ1) is 19.8. The maximum atomic E-state index is 13.0. The van der Waals surface area contributed by atoms with Crippen molar-refractivity contribution in [3.63, 3.8) is 0 Å². The van der Waals surface area contributed by atoms with Crippen LogP contribution in [0.4, 0.5) is 11.6 Å². The molecular weight excluding hydrogens is 372 g/mol. The van der Waals surface area contributed by atoms with Gasteiger partial charge >= 0.3 is 0 Å². The zero-order valence-corrected chi connectivity index (χ0v) is 16.9. The van der Waals surface area contributed by atoms with E-state index in [2.05, 4.69) is 15.3 Å². The molecule has 1 aromatic heterocycles. The highest BCUT2D eigenvalue weighted by Crippen LogP contribution is 2.22. The highest BCUT2D eigenvalue weighted by atomic mass is 35.5. The third-order valence-corrected chi connectivity index (χ3v) is 4.81. The van der Waals surface area contributed by atoms with Gasteiger partial charge in [-0.3, -0.25) is 4.79 Å². The molecule has 0 radical (unpaired) electrons. The van der Waals surface area contributed by atoms with Gasteiger partial charge in [0.25, 0.3) is 5.91 Å². The lowest BCUT2D eigenvalue weighted by Gasteiger charge is -2.26. The summed E-state index contributed by atoms with van der Waals surface area (Å²) in [6.07, 6.45) is 3.10. The van der Waals surface area contributed by atoms with Gasteiger partial charge in [0.1, 0.15) is 0 Å². The number of hydrogen-bond acceptors (Lipinski definition) is 4. The van der Waals surface area contributed by atoms with Crippen LogP contribution in [0.3, 0.4) is 0 Å². The predicted molar refractivity (Wildman–Crippen MR) is 113 cm³/mol. The molecule has 0 unspecified atom stereocenters. The van der Waals surface area contributed by atoms with E-state index in [-0.39, 0.29) is 11.9 Å². The van der Waals surface area contributed by atoms with E-state index in [1.54, 1.807) is 17.3 Å². The lowest BCUT2D eigenvalue weighted by molar-refractivity contribution is 0.0689. The van der Waals surface area contributed by atoms with Gasteiger partial charge < -0.3 is 10.2 Å². The molecule has 0 spiro atoms. The number of hydrogen-bond donors (Lipinski definition) is 1. The van der Waals surface area contributed by atoms with Crippen LogP contribution in [0.15, 0.2) is 60.9 Å². The number of nitrogens with one attached hydrogen (secondary N) is 1. The summed E-state index contributed by atoms with van der Waals surface area (Å²) < 4.78 is 0. The van der Waals surface area contributed by atoms with Gasteiger partial charge in [-0.15, -0.1) is 0 Å². The Morgan fingerprint density at radius 1 is 1.11 bits per heavy atom. The number of aromatic nitrogens is 2. The number of anilines is 2. The molecule has 0 aliphatic heterocycles. The third-order valence-electron chi connectivity index (χ3n) is 4.41. The maximum absolute atomic E-state index is 13.0. The van der Waals surface area contributed by atoms with Crippen molar-refractivity contribution < 1.29 is 4.79 Å². The molecule has 0 fully saturated rings. The molecule has 0 bridgehead atoms. The van der Waals surface area contributed by atoms with E-state index in [9.17, 15) is 4.79 Å². The number of halogens is 1. The fourth-order valence-corrected chi connectivity index (χ4v) is 2.92. The lowest BCUT2D eigenvalue weighted by atomic mass is 10.1. The number of benzene rings is 2.